The lowest BCUT2D eigenvalue weighted by Gasteiger charge is -2.39. The zero-order valence-corrected chi connectivity index (χ0v) is 35.6. The van der Waals surface area contributed by atoms with Crippen molar-refractivity contribution in [3.05, 3.63) is 24.3 Å². The Morgan fingerprint density at radius 3 is 1.39 bits per heavy atom. The topological polar surface area (TPSA) is 152 Å². The van der Waals surface area contributed by atoms with Gasteiger partial charge in [0, 0.05) is 12.8 Å². The van der Waals surface area contributed by atoms with Crippen LogP contribution in [0.3, 0.4) is 0 Å². The molecule has 1 fully saturated rings. The van der Waals surface area contributed by atoms with Crippen LogP contribution < -0.4 is 0 Å². The van der Waals surface area contributed by atoms with E-state index in [1.54, 1.807) is 0 Å². The summed E-state index contributed by atoms with van der Waals surface area (Å²) >= 11 is 0. The van der Waals surface area contributed by atoms with E-state index in [0.717, 1.165) is 64.2 Å². The summed E-state index contributed by atoms with van der Waals surface area (Å²) in [6, 6.07) is 0. The van der Waals surface area contributed by atoms with Gasteiger partial charge in [-0.15, -0.1) is 0 Å². The standard InChI is InChI=1S/C46H84O10/c1-3-5-7-9-11-13-15-17-19-21-23-25-27-29-31-33-35-42(49)55-39(38-54-46-45(52)44(51)43(50)40(36-47)56-46)37-53-41(48)34-32-30-28-26-24-22-20-18-16-14-12-10-8-6-4-2/h18-21,39-40,43-47,50-52H,3-17,22-38H2,1-2H3/b20-18-,21-19-. The van der Waals surface area contributed by atoms with Crippen molar-refractivity contribution in [3.63, 3.8) is 0 Å². The van der Waals surface area contributed by atoms with Crippen molar-refractivity contribution < 1.29 is 49.0 Å². The summed E-state index contributed by atoms with van der Waals surface area (Å²) in [4.78, 5) is 25.3. The molecule has 4 N–H and O–H groups in total. The average molecular weight is 797 g/mol. The lowest BCUT2D eigenvalue weighted by Crippen LogP contribution is -2.59. The molecule has 0 spiro atoms. The number of unbranched alkanes of at least 4 members (excludes halogenated alkanes) is 23. The Bertz CT molecular complexity index is 970. The maximum absolute atomic E-state index is 12.8. The zero-order valence-electron chi connectivity index (χ0n) is 35.6. The molecule has 0 bridgehead atoms. The fraction of sp³-hybridized carbons (Fsp3) is 0.870. The molecule has 0 aromatic heterocycles. The lowest BCUT2D eigenvalue weighted by atomic mass is 9.99. The fourth-order valence-corrected chi connectivity index (χ4v) is 6.88. The van der Waals surface area contributed by atoms with E-state index < -0.39 is 49.4 Å². The molecule has 0 aromatic rings. The summed E-state index contributed by atoms with van der Waals surface area (Å²) in [6.45, 7) is 3.41. The molecule has 0 amide bonds. The van der Waals surface area contributed by atoms with Crippen LogP contribution in [-0.4, -0.2) is 89.0 Å². The van der Waals surface area contributed by atoms with Gasteiger partial charge in [0.05, 0.1) is 13.2 Å². The highest BCUT2D eigenvalue weighted by atomic mass is 16.7. The predicted molar refractivity (Wildman–Crippen MR) is 224 cm³/mol. The van der Waals surface area contributed by atoms with Crippen molar-refractivity contribution in [1.29, 1.82) is 0 Å². The summed E-state index contributed by atoms with van der Waals surface area (Å²) in [7, 11) is 0. The Hall–Kier alpha value is -1.82. The number of aliphatic hydroxyl groups is 4. The monoisotopic (exact) mass is 797 g/mol. The molecule has 0 radical (unpaired) electrons. The molecular weight excluding hydrogens is 712 g/mol. The van der Waals surface area contributed by atoms with Gasteiger partial charge >= 0.3 is 11.9 Å². The summed E-state index contributed by atoms with van der Waals surface area (Å²) in [5, 5.41) is 40.1. The average Bonchev–Trinajstić information content (AvgIpc) is 3.19. The number of ether oxygens (including phenoxy) is 4. The Kier molecular flexibility index (Phi) is 34.9. The molecule has 1 heterocycles. The van der Waals surface area contributed by atoms with Crippen LogP contribution in [0.4, 0.5) is 0 Å². The van der Waals surface area contributed by atoms with E-state index in [4.69, 9.17) is 18.9 Å². The van der Waals surface area contributed by atoms with E-state index in [0.29, 0.717) is 12.8 Å². The van der Waals surface area contributed by atoms with E-state index in [1.807, 2.05) is 0 Å². The van der Waals surface area contributed by atoms with Gasteiger partial charge in [0.15, 0.2) is 12.4 Å². The second kappa shape index (κ2) is 37.5. The molecule has 1 aliphatic heterocycles. The van der Waals surface area contributed by atoms with Crippen molar-refractivity contribution in [2.24, 2.45) is 0 Å². The van der Waals surface area contributed by atoms with Crippen molar-refractivity contribution in [1.82, 2.24) is 0 Å². The molecule has 10 nitrogen and oxygen atoms in total. The Morgan fingerprint density at radius 2 is 0.946 bits per heavy atom. The lowest BCUT2D eigenvalue weighted by molar-refractivity contribution is -0.305. The number of allylic oxidation sites excluding steroid dienone is 4. The van der Waals surface area contributed by atoms with Crippen LogP contribution in [0, 0.1) is 0 Å². The van der Waals surface area contributed by atoms with Crippen LogP contribution in [0.15, 0.2) is 24.3 Å². The van der Waals surface area contributed by atoms with Crippen LogP contribution in [0.1, 0.15) is 200 Å². The molecule has 56 heavy (non-hydrogen) atoms. The van der Waals surface area contributed by atoms with Crippen LogP contribution in [0.25, 0.3) is 0 Å². The first-order valence-electron chi connectivity index (χ1n) is 22.9. The second-order valence-corrected chi connectivity index (χ2v) is 15.8. The number of rotatable bonds is 38. The zero-order chi connectivity index (χ0) is 40.9. The number of carbonyl (C=O) groups excluding carboxylic acids is 2. The predicted octanol–water partition coefficient (Wildman–Crippen LogP) is 9.72. The molecule has 0 saturated carbocycles. The Balaban J connectivity index is 2.33. The minimum absolute atomic E-state index is 0.220. The molecule has 1 saturated heterocycles. The summed E-state index contributed by atoms with van der Waals surface area (Å²) in [5.41, 5.74) is 0. The van der Waals surface area contributed by atoms with E-state index in [2.05, 4.69) is 38.2 Å². The molecule has 1 rings (SSSR count). The van der Waals surface area contributed by atoms with Crippen molar-refractivity contribution >= 4 is 11.9 Å². The Labute approximate surface area is 341 Å². The van der Waals surface area contributed by atoms with Gasteiger partial charge in [-0.2, -0.15) is 0 Å². The SMILES string of the molecule is CCCCCCCC/C=C\CCCCCCCC(=O)OCC(COC1OC(CO)C(O)C(O)C1O)OC(=O)CCCCCCC/C=C\CCCCCCCCC. The van der Waals surface area contributed by atoms with Gasteiger partial charge in [-0.1, -0.05) is 147 Å². The van der Waals surface area contributed by atoms with Gasteiger partial charge in [0.2, 0.25) is 0 Å². The quantitative estimate of drug-likeness (QED) is 0.0270. The van der Waals surface area contributed by atoms with Gasteiger partial charge in [-0.05, 0) is 64.2 Å². The third-order valence-corrected chi connectivity index (χ3v) is 10.6. The summed E-state index contributed by atoms with van der Waals surface area (Å²) < 4.78 is 22.1. The number of aliphatic hydroxyl groups excluding tert-OH is 4. The molecule has 10 heteroatoms. The van der Waals surface area contributed by atoms with E-state index in [9.17, 15) is 30.0 Å². The van der Waals surface area contributed by atoms with E-state index in [-0.39, 0.29) is 32.0 Å². The highest BCUT2D eigenvalue weighted by molar-refractivity contribution is 5.70. The first-order chi connectivity index (χ1) is 27.3. The number of hydrogen-bond donors (Lipinski definition) is 4. The van der Waals surface area contributed by atoms with Crippen molar-refractivity contribution in [2.45, 2.75) is 237 Å². The molecule has 6 unspecified atom stereocenters. The largest absolute Gasteiger partial charge is 0.462 e. The molecule has 0 aromatic carbocycles. The van der Waals surface area contributed by atoms with E-state index >= 15 is 0 Å². The summed E-state index contributed by atoms with van der Waals surface area (Å²) in [5.74, 6) is -0.821. The number of carbonyl (C=O) groups is 2. The minimum Gasteiger partial charge on any atom is -0.462 e. The molecule has 1 aliphatic rings. The first kappa shape index (κ1) is 52.2. The van der Waals surface area contributed by atoms with Gasteiger partial charge in [-0.25, -0.2) is 0 Å². The third kappa shape index (κ3) is 28.6. The van der Waals surface area contributed by atoms with Crippen LogP contribution >= 0.6 is 0 Å². The smallest absolute Gasteiger partial charge is 0.306 e. The van der Waals surface area contributed by atoms with Gasteiger partial charge < -0.3 is 39.4 Å². The normalized spacial score (nSPS) is 20.6. The fourth-order valence-electron chi connectivity index (χ4n) is 6.88. The molecule has 6 atom stereocenters. The molecule has 0 aliphatic carbocycles. The number of hydrogen-bond acceptors (Lipinski definition) is 10. The van der Waals surface area contributed by atoms with Crippen LogP contribution in [0.2, 0.25) is 0 Å². The summed E-state index contributed by atoms with van der Waals surface area (Å²) in [6.07, 6.45) is 33.2. The maximum Gasteiger partial charge on any atom is 0.306 e. The highest BCUT2D eigenvalue weighted by Crippen LogP contribution is 2.22. The van der Waals surface area contributed by atoms with Crippen LogP contribution in [-0.2, 0) is 28.5 Å². The third-order valence-electron chi connectivity index (χ3n) is 10.6. The van der Waals surface area contributed by atoms with Crippen LogP contribution in [0.5, 0.6) is 0 Å². The van der Waals surface area contributed by atoms with Crippen molar-refractivity contribution in [3.8, 4) is 0 Å². The minimum atomic E-state index is -1.60. The van der Waals surface area contributed by atoms with Gasteiger partial charge in [0.25, 0.3) is 0 Å². The van der Waals surface area contributed by atoms with Crippen molar-refractivity contribution in [2.75, 3.05) is 19.8 Å². The van der Waals surface area contributed by atoms with E-state index in [1.165, 1.54) is 96.3 Å². The Morgan fingerprint density at radius 1 is 0.536 bits per heavy atom. The molecule has 328 valence electrons. The molecular formula is C46H84O10. The maximum atomic E-state index is 12.8. The van der Waals surface area contributed by atoms with Gasteiger partial charge in [-0.3, -0.25) is 9.59 Å². The highest BCUT2D eigenvalue weighted by Gasteiger charge is 2.44. The van der Waals surface area contributed by atoms with Gasteiger partial charge in [0.1, 0.15) is 31.0 Å². The second-order valence-electron chi connectivity index (χ2n) is 15.8. The first-order valence-corrected chi connectivity index (χ1v) is 22.9. The number of esters is 2.